The molecule has 0 radical (unpaired) electrons. The highest BCUT2D eigenvalue weighted by molar-refractivity contribution is 5.33. The number of benzene rings is 1. The summed E-state index contributed by atoms with van der Waals surface area (Å²) < 4.78 is 5.45. The number of hydrogen-bond acceptors (Lipinski definition) is 3. The maximum absolute atomic E-state index is 6.30. The van der Waals surface area contributed by atoms with E-state index in [1.54, 1.807) is 0 Å². The van der Waals surface area contributed by atoms with Crippen molar-refractivity contribution >= 4 is 0 Å². The third-order valence-corrected chi connectivity index (χ3v) is 3.18. The maximum Gasteiger partial charge on any atom is 0.0638 e. The Morgan fingerprint density at radius 2 is 2.25 bits per heavy atom. The number of aryl methyl sites for hydroxylation is 2. The molecule has 0 spiro atoms. The van der Waals surface area contributed by atoms with Crippen LogP contribution < -0.4 is 11.1 Å². The molecule has 0 amide bonds. The Morgan fingerprint density at radius 3 is 2.94 bits per heavy atom. The number of morpholine rings is 1. The van der Waals surface area contributed by atoms with Gasteiger partial charge in [0.2, 0.25) is 0 Å². The number of rotatable bonds is 2. The van der Waals surface area contributed by atoms with Gasteiger partial charge in [-0.1, -0.05) is 23.8 Å². The zero-order chi connectivity index (χ0) is 11.5. The summed E-state index contributed by atoms with van der Waals surface area (Å²) in [5, 5.41) is 3.41. The van der Waals surface area contributed by atoms with Crippen LogP contribution in [0.15, 0.2) is 18.2 Å². The zero-order valence-electron chi connectivity index (χ0n) is 9.99. The van der Waals surface area contributed by atoms with Gasteiger partial charge in [-0.25, -0.2) is 0 Å². The van der Waals surface area contributed by atoms with Gasteiger partial charge in [0, 0.05) is 18.6 Å². The Kier molecular flexibility index (Phi) is 3.59. The fraction of sp³-hybridized carbons (Fsp3) is 0.538. The molecule has 88 valence electrons. The molecule has 3 heteroatoms. The van der Waals surface area contributed by atoms with E-state index >= 15 is 0 Å². The predicted octanol–water partition coefficient (Wildman–Crippen LogP) is 1.29. The molecule has 1 saturated heterocycles. The van der Waals surface area contributed by atoms with Crippen molar-refractivity contribution in [2.75, 3.05) is 19.8 Å². The maximum atomic E-state index is 6.30. The van der Waals surface area contributed by atoms with E-state index in [0.717, 1.165) is 13.2 Å². The normalized spacial score (nSPS) is 23.1. The molecule has 1 aliphatic rings. The van der Waals surface area contributed by atoms with E-state index in [4.69, 9.17) is 10.5 Å². The SMILES string of the molecule is Cc1ccc(C)c(C(N)C2COCCN2)c1. The Morgan fingerprint density at radius 1 is 1.44 bits per heavy atom. The first-order valence-corrected chi connectivity index (χ1v) is 5.82. The summed E-state index contributed by atoms with van der Waals surface area (Å²) in [7, 11) is 0. The molecule has 0 aliphatic carbocycles. The molecule has 0 bridgehead atoms. The highest BCUT2D eigenvalue weighted by atomic mass is 16.5. The van der Waals surface area contributed by atoms with E-state index in [1.165, 1.54) is 16.7 Å². The van der Waals surface area contributed by atoms with Crippen molar-refractivity contribution in [3.8, 4) is 0 Å². The molecule has 3 nitrogen and oxygen atoms in total. The van der Waals surface area contributed by atoms with Crippen LogP contribution in [0, 0.1) is 13.8 Å². The molecule has 2 unspecified atom stereocenters. The van der Waals surface area contributed by atoms with Gasteiger partial charge in [-0.2, -0.15) is 0 Å². The van der Waals surface area contributed by atoms with E-state index in [0.29, 0.717) is 6.61 Å². The molecule has 2 rings (SSSR count). The van der Waals surface area contributed by atoms with E-state index in [1.807, 2.05) is 0 Å². The molecule has 2 atom stereocenters. The Labute approximate surface area is 97.0 Å². The quantitative estimate of drug-likeness (QED) is 0.789. The van der Waals surface area contributed by atoms with Crippen LogP contribution in [-0.4, -0.2) is 25.8 Å². The van der Waals surface area contributed by atoms with Crippen molar-refractivity contribution in [3.63, 3.8) is 0 Å². The van der Waals surface area contributed by atoms with Crippen LogP contribution >= 0.6 is 0 Å². The fourth-order valence-electron chi connectivity index (χ4n) is 2.15. The van der Waals surface area contributed by atoms with Gasteiger partial charge in [0.25, 0.3) is 0 Å². The first kappa shape index (κ1) is 11.6. The number of hydrogen-bond donors (Lipinski definition) is 2. The molecule has 3 N–H and O–H groups in total. The summed E-state index contributed by atoms with van der Waals surface area (Å²) in [5.74, 6) is 0. The van der Waals surface area contributed by atoms with Crippen LogP contribution in [-0.2, 0) is 4.74 Å². The van der Waals surface area contributed by atoms with E-state index < -0.39 is 0 Å². The van der Waals surface area contributed by atoms with Gasteiger partial charge in [-0.15, -0.1) is 0 Å². The third kappa shape index (κ3) is 2.43. The lowest BCUT2D eigenvalue weighted by molar-refractivity contribution is 0.0684. The average molecular weight is 220 g/mol. The van der Waals surface area contributed by atoms with Gasteiger partial charge in [0.15, 0.2) is 0 Å². The van der Waals surface area contributed by atoms with Crippen LogP contribution in [0.5, 0.6) is 0 Å². The van der Waals surface area contributed by atoms with Crippen molar-refractivity contribution in [2.45, 2.75) is 25.9 Å². The third-order valence-electron chi connectivity index (χ3n) is 3.18. The van der Waals surface area contributed by atoms with Gasteiger partial charge in [-0.05, 0) is 25.0 Å². The van der Waals surface area contributed by atoms with Crippen molar-refractivity contribution in [1.29, 1.82) is 0 Å². The molecule has 1 aromatic carbocycles. The van der Waals surface area contributed by atoms with Gasteiger partial charge in [0.1, 0.15) is 0 Å². The number of nitrogens with one attached hydrogen (secondary N) is 1. The number of ether oxygens (including phenoxy) is 1. The molecule has 1 aromatic rings. The van der Waals surface area contributed by atoms with E-state index in [2.05, 4.69) is 37.4 Å². The van der Waals surface area contributed by atoms with Crippen LogP contribution in [0.1, 0.15) is 22.7 Å². The number of nitrogens with two attached hydrogens (primary N) is 1. The summed E-state index contributed by atoms with van der Waals surface area (Å²) >= 11 is 0. The van der Waals surface area contributed by atoms with Gasteiger partial charge in [0.05, 0.1) is 13.2 Å². The van der Waals surface area contributed by atoms with E-state index in [-0.39, 0.29) is 12.1 Å². The summed E-state index contributed by atoms with van der Waals surface area (Å²) in [5.41, 5.74) is 10.0. The van der Waals surface area contributed by atoms with Crippen molar-refractivity contribution in [2.24, 2.45) is 5.73 Å². The lowest BCUT2D eigenvalue weighted by Gasteiger charge is -2.30. The summed E-state index contributed by atoms with van der Waals surface area (Å²) in [4.78, 5) is 0. The summed E-state index contributed by atoms with van der Waals surface area (Å²) in [6.45, 7) is 6.59. The van der Waals surface area contributed by atoms with Gasteiger partial charge < -0.3 is 15.8 Å². The van der Waals surface area contributed by atoms with Crippen molar-refractivity contribution in [3.05, 3.63) is 34.9 Å². The second kappa shape index (κ2) is 4.95. The van der Waals surface area contributed by atoms with Crippen LogP contribution in [0.2, 0.25) is 0 Å². The minimum absolute atomic E-state index is 0.0141. The fourth-order valence-corrected chi connectivity index (χ4v) is 2.15. The van der Waals surface area contributed by atoms with Crippen LogP contribution in [0.4, 0.5) is 0 Å². The minimum Gasteiger partial charge on any atom is -0.378 e. The predicted molar refractivity (Wildman–Crippen MR) is 65.5 cm³/mol. The first-order valence-electron chi connectivity index (χ1n) is 5.82. The van der Waals surface area contributed by atoms with Gasteiger partial charge in [-0.3, -0.25) is 0 Å². The van der Waals surface area contributed by atoms with Gasteiger partial charge >= 0.3 is 0 Å². The standard InChI is InChI=1S/C13H20N2O/c1-9-3-4-10(2)11(7-9)13(14)12-8-16-6-5-15-12/h3-4,7,12-13,15H,5-6,8,14H2,1-2H3. The zero-order valence-corrected chi connectivity index (χ0v) is 9.99. The van der Waals surface area contributed by atoms with E-state index in [9.17, 15) is 0 Å². The highest BCUT2D eigenvalue weighted by Gasteiger charge is 2.22. The minimum atomic E-state index is 0.0141. The lowest BCUT2D eigenvalue weighted by Crippen LogP contribution is -2.47. The Hall–Kier alpha value is -0.900. The highest BCUT2D eigenvalue weighted by Crippen LogP contribution is 2.21. The second-order valence-electron chi connectivity index (χ2n) is 4.52. The average Bonchev–Trinajstić information content (AvgIpc) is 2.32. The lowest BCUT2D eigenvalue weighted by atomic mass is 9.94. The molecule has 16 heavy (non-hydrogen) atoms. The Bertz CT molecular complexity index is 359. The van der Waals surface area contributed by atoms with Crippen molar-refractivity contribution in [1.82, 2.24) is 5.32 Å². The largest absolute Gasteiger partial charge is 0.378 e. The topological polar surface area (TPSA) is 47.3 Å². The molecule has 1 heterocycles. The second-order valence-corrected chi connectivity index (χ2v) is 4.52. The first-order chi connectivity index (χ1) is 7.68. The smallest absolute Gasteiger partial charge is 0.0638 e. The summed E-state index contributed by atoms with van der Waals surface area (Å²) in [6, 6.07) is 6.68. The molecular formula is C13H20N2O. The Balaban J connectivity index is 2.18. The molecular weight excluding hydrogens is 200 g/mol. The van der Waals surface area contributed by atoms with Crippen molar-refractivity contribution < 1.29 is 4.74 Å². The summed E-state index contributed by atoms with van der Waals surface area (Å²) in [6.07, 6.45) is 0. The monoisotopic (exact) mass is 220 g/mol. The molecule has 0 saturated carbocycles. The molecule has 0 aromatic heterocycles. The molecule has 1 aliphatic heterocycles. The van der Waals surface area contributed by atoms with Crippen LogP contribution in [0.25, 0.3) is 0 Å². The molecule has 1 fully saturated rings. The van der Waals surface area contributed by atoms with Crippen LogP contribution in [0.3, 0.4) is 0 Å².